The lowest BCUT2D eigenvalue weighted by molar-refractivity contribution is -0.120. The van der Waals surface area contributed by atoms with Crippen molar-refractivity contribution in [1.29, 1.82) is 0 Å². The van der Waals surface area contributed by atoms with Gasteiger partial charge in [-0.15, -0.1) is 0 Å². The van der Waals surface area contributed by atoms with Crippen molar-refractivity contribution >= 4 is 35.1 Å². The molecule has 0 saturated carbocycles. The van der Waals surface area contributed by atoms with E-state index in [2.05, 4.69) is 25.3 Å². The molecule has 11 heteroatoms. The average molecular weight is 454 g/mol. The number of carbonyl (C=O) groups excluding carboxylic acids is 1. The quantitative estimate of drug-likeness (QED) is 0.297. The number of para-hydroxylation sites is 1. The SMILES string of the molecule is Nc1nc2c(c(=O)[nH]1)C1(C(=O)N(Cc3ccccc3)c3ccccc31)c1c(nc(N)[nH]c1=O)N2. The third-order valence-corrected chi connectivity index (χ3v) is 6.21. The lowest BCUT2D eigenvalue weighted by Gasteiger charge is -2.34. The number of aromatic amines is 2. The monoisotopic (exact) mass is 454 g/mol. The molecule has 11 nitrogen and oxygen atoms in total. The van der Waals surface area contributed by atoms with Crippen LogP contribution in [0.15, 0.2) is 64.2 Å². The summed E-state index contributed by atoms with van der Waals surface area (Å²) in [6, 6.07) is 16.5. The number of nitrogens with one attached hydrogen (secondary N) is 3. The first-order chi connectivity index (χ1) is 16.4. The summed E-state index contributed by atoms with van der Waals surface area (Å²) in [7, 11) is 0. The normalized spacial score (nSPS) is 14.9. The molecule has 1 spiro atoms. The van der Waals surface area contributed by atoms with Gasteiger partial charge in [-0.3, -0.25) is 24.4 Å². The van der Waals surface area contributed by atoms with Crippen molar-refractivity contribution in [2.24, 2.45) is 0 Å². The molecular formula is C23H18N8O3. The third kappa shape index (κ3) is 2.48. The van der Waals surface area contributed by atoms with Crippen LogP contribution in [-0.4, -0.2) is 25.8 Å². The Bertz CT molecular complexity index is 1540. The number of rotatable bonds is 2. The summed E-state index contributed by atoms with van der Waals surface area (Å²) >= 11 is 0. The van der Waals surface area contributed by atoms with Gasteiger partial charge in [0.25, 0.3) is 11.1 Å². The summed E-state index contributed by atoms with van der Waals surface area (Å²) in [5.41, 5.74) is 10.4. The molecule has 4 aromatic rings. The highest BCUT2D eigenvalue weighted by Crippen LogP contribution is 2.54. The van der Waals surface area contributed by atoms with Crippen LogP contribution in [0.3, 0.4) is 0 Å². The molecule has 0 unspecified atom stereocenters. The molecule has 2 aliphatic rings. The van der Waals surface area contributed by atoms with Gasteiger partial charge in [-0.2, -0.15) is 9.97 Å². The predicted octanol–water partition coefficient (Wildman–Crippen LogP) is 0.956. The Labute approximate surface area is 191 Å². The van der Waals surface area contributed by atoms with Gasteiger partial charge in [0.1, 0.15) is 17.1 Å². The highest BCUT2D eigenvalue weighted by Gasteiger charge is 2.60. The third-order valence-electron chi connectivity index (χ3n) is 6.21. The van der Waals surface area contributed by atoms with Crippen LogP contribution >= 0.6 is 0 Å². The topological polar surface area (TPSA) is 176 Å². The van der Waals surface area contributed by atoms with E-state index in [0.717, 1.165) is 5.56 Å². The van der Waals surface area contributed by atoms with Crippen molar-refractivity contribution in [2.75, 3.05) is 21.7 Å². The van der Waals surface area contributed by atoms with Crippen LogP contribution in [0.2, 0.25) is 0 Å². The Hall–Kier alpha value is -4.93. The lowest BCUT2D eigenvalue weighted by atomic mass is 9.69. The number of carbonyl (C=O) groups is 1. The summed E-state index contributed by atoms with van der Waals surface area (Å²) in [5, 5.41) is 2.88. The molecule has 34 heavy (non-hydrogen) atoms. The number of amides is 1. The smallest absolute Gasteiger partial charge is 0.259 e. The first-order valence-electron chi connectivity index (χ1n) is 10.4. The van der Waals surface area contributed by atoms with Gasteiger partial charge in [0.2, 0.25) is 17.8 Å². The maximum absolute atomic E-state index is 14.4. The molecule has 0 atom stereocenters. The zero-order valence-electron chi connectivity index (χ0n) is 17.6. The second kappa shape index (κ2) is 6.78. The number of nitrogen functional groups attached to an aromatic ring is 2. The standard InChI is InChI=1S/C23H18N8O3/c24-21-27-16-14(18(32)29-21)23(15-17(26-16)28-22(25)30-19(15)33)12-8-4-5-9-13(12)31(20(23)34)10-11-6-2-1-3-7-11/h1-9H,10H2,(H7,24,25,26,27,28,29,30,32,33). The van der Waals surface area contributed by atoms with Crippen LogP contribution in [0, 0.1) is 0 Å². The average Bonchev–Trinajstić information content (AvgIpc) is 3.02. The zero-order chi connectivity index (χ0) is 23.6. The summed E-state index contributed by atoms with van der Waals surface area (Å²) in [4.78, 5) is 56.0. The number of nitrogens with two attached hydrogens (primary N) is 2. The number of benzene rings is 2. The molecule has 0 aliphatic carbocycles. The molecule has 2 aliphatic heterocycles. The molecule has 0 radical (unpaired) electrons. The van der Waals surface area contributed by atoms with Crippen molar-refractivity contribution in [3.63, 3.8) is 0 Å². The van der Waals surface area contributed by atoms with E-state index in [1.165, 1.54) is 0 Å². The van der Waals surface area contributed by atoms with Gasteiger partial charge in [0, 0.05) is 11.3 Å². The molecule has 2 aromatic carbocycles. The second-order valence-electron chi connectivity index (χ2n) is 8.12. The summed E-state index contributed by atoms with van der Waals surface area (Å²) in [5.74, 6) is -0.692. The molecule has 2 aromatic heterocycles. The van der Waals surface area contributed by atoms with E-state index in [1.807, 2.05) is 30.3 Å². The fourth-order valence-electron chi connectivity index (χ4n) is 4.95. The fourth-order valence-corrected chi connectivity index (χ4v) is 4.95. The number of hydrogen-bond donors (Lipinski definition) is 5. The first kappa shape index (κ1) is 19.7. The fraction of sp³-hybridized carbons (Fsp3) is 0.0870. The van der Waals surface area contributed by atoms with Crippen LogP contribution in [0.25, 0.3) is 0 Å². The Kier molecular flexibility index (Phi) is 3.94. The largest absolute Gasteiger partial charge is 0.369 e. The summed E-state index contributed by atoms with van der Waals surface area (Å²) in [6.07, 6.45) is 0. The minimum Gasteiger partial charge on any atom is -0.369 e. The van der Waals surface area contributed by atoms with E-state index < -0.39 is 22.4 Å². The molecule has 0 bridgehead atoms. The van der Waals surface area contributed by atoms with E-state index in [4.69, 9.17) is 11.5 Å². The maximum atomic E-state index is 14.4. The van der Waals surface area contributed by atoms with E-state index in [1.54, 1.807) is 29.2 Å². The van der Waals surface area contributed by atoms with Crippen LogP contribution in [0.1, 0.15) is 22.3 Å². The van der Waals surface area contributed by atoms with Gasteiger partial charge in [-0.05, 0) is 11.6 Å². The van der Waals surface area contributed by atoms with Gasteiger partial charge in [0.05, 0.1) is 17.7 Å². The van der Waals surface area contributed by atoms with Crippen LogP contribution in [-0.2, 0) is 16.8 Å². The highest BCUT2D eigenvalue weighted by atomic mass is 16.2. The van der Waals surface area contributed by atoms with E-state index in [9.17, 15) is 14.4 Å². The molecule has 4 heterocycles. The Morgan fingerprint density at radius 3 is 1.97 bits per heavy atom. The number of fused-ring (bicyclic) bond motifs is 6. The van der Waals surface area contributed by atoms with Gasteiger partial charge in [0.15, 0.2) is 0 Å². The first-order valence-corrected chi connectivity index (χ1v) is 10.4. The van der Waals surface area contributed by atoms with E-state index in [0.29, 0.717) is 11.3 Å². The Morgan fingerprint density at radius 1 is 0.794 bits per heavy atom. The molecular weight excluding hydrogens is 436 g/mol. The number of anilines is 5. The molecule has 0 fully saturated rings. The van der Waals surface area contributed by atoms with Crippen molar-refractivity contribution < 1.29 is 4.79 Å². The summed E-state index contributed by atoms with van der Waals surface area (Å²) < 4.78 is 0. The molecule has 1 amide bonds. The van der Waals surface area contributed by atoms with Crippen molar-refractivity contribution in [3.05, 3.63) is 97.6 Å². The van der Waals surface area contributed by atoms with Crippen LogP contribution in [0.4, 0.5) is 29.2 Å². The maximum Gasteiger partial charge on any atom is 0.259 e. The minimum atomic E-state index is -1.80. The number of aromatic nitrogens is 4. The Balaban J connectivity index is 1.73. The number of nitrogens with zero attached hydrogens (tertiary/aromatic N) is 3. The van der Waals surface area contributed by atoms with Gasteiger partial charge in [-0.25, -0.2) is 0 Å². The molecule has 168 valence electrons. The van der Waals surface area contributed by atoms with E-state index >= 15 is 0 Å². The minimum absolute atomic E-state index is 0.0284. The van der Waals surface area contributed by atoms with Gasteiger partial charge in [-0.1, -0.05) is 48.5 Å². The van der Waals surface area contributed by atoms with E-state index in [-0.39, 0.29) is 41.2 Å². The number of hydrogen-bond acceptors (Lipinski definition) is 8. The van der Waals surface area contributed by atoms with Crippen LogP contribution in [0.5, 0.6) is 0 Å². The number of H-pyrrole nitrogens is 2. The molecule has 7 N–H and O–H groups in total. The lowest BCUT2D eigenvalue weighted by Crippen LogP contribution is -2.51. The predicted molar refractivity (Wildman–Crippen MR) is 126 cm³/mol. The van der Waals surface area contributed by atoms with Gasteiger partial charge >= 0.3 is 0 Å². The van der Waals surface area contributed by atoms with Crippen molar-refractivity contribution in [1.82, 2.24) is 19.9 Å². The zero-order valence-corrected chi connectivity index (χ0v) is 17.6. The van der Waals surface area contributed by atoms with Crippen molar-refractivity contribution in [3.8, 4) is 0 Å². The van der Waals surface area contributed by atoms with Gasteiger partial charge < -0.3 is 21.7 Å². The van der Waals surface area contributed by atoms with Crippen molar-refractivity contribution in [2.45, 2.75) is 12.0 Å². The highest BCUT2D eigenvalue weighted by molar-refractivity contribution is 6.15. The van der Waals surface area contributed by atoms with Crippen LogP contribution < -0.4 is 32.8 Å². The molecule has 6 rings (SSSR count). The second-order valence-corrected chi connectivity index (χ2v) is 8.12. The summed E-state index contributed by atoms with van der Waals surface area (Å²) in [6.45, 7) is 0.233. The Morgan fingerprint density at radius 2 is 1.35 bits per heavy atom. The molecule has 0 saturated heterocycles.